The predicted octanol–water partition coefficient (Wildman–Crippen LogP) is 2.26. The molecule has 7 heteroatoms. The van der Waals surface area contributed by atoms with Gasteiger partial charge in [0.05, 0.1) is 5.92 Å². The molecule has 0 aliphatic rings. The molecule has 6 nitrogen and oxygen atoms in total. The first-order valence-electron chi connectivity index (χ1n) is 6.18. The van der Waals surface area contributed by atoms with E-state index in [0.717, 1.165) is 0 Å². The van der Waals surface area contributed by atoms with Crippen molar-refractivity contribution in [1.29, 1.82) is 0 Å². The van der Waals surface area contributed by atoms with Gasteiger partial charge < -0.3 is 15.1 Å². The van der Waals surface area contributed by atoms with E-state index in [1.807, 2.05) is 20.8 Å². The maximum Gasteiger partial charge on any atom is 0.307 e. The van der Waals surface area contributed by atoms with Crippen molar-refractivity contribution in [2.24, 2.45) is 11.3 Å². The van der Waals surface area contributed by atoms with Gasteiger partial charge in [0, 0.05) is 18.7 Å². The fourth-order valence-electron chi connectivity index (χ4n) is 1.54. The van der Waals surface area contributed by atoms with Crippen molar-refractivity contribution >= 4 is 19.3 Å². The molecule has 0 aromatic carbocycles. The fourth-order valence-corrected chi connectivity index (χ4v) is 3.77. The minimum absolute atomic E-state index is 0.0628. The highest BCUT2D eigenvalue weighted by Gasteiger charge is 2.30. The lowest BCUT2D eigenvalue weighted by molar-refractivity contribution is -0.142. The van der Waals surface area contributed by atoms with Crippen molar-refractivity contribution in [3.05, 3.63) is 0 Å². The Morgan fingerprint density at radius 3 is 2.11 bits per heavy atom. The standard InChI is InChI=1S/C12H23O6P/c1-12(2,3)6-7-19(17,18)8-9(11(15)16)4-5-10(13)14/h9H,4-8H2,1-3H3,(H,13,14)(H,15,16)(H,17,18). The second-order valence-corrected chi connectivity index (χ2v) is 8.54. The van der Waals surface area contributed by atoms with Gasteiger partial charge in [-0.25, -0.2) is 0 Å². The summed E-state index contributed by atoms with van der Waals surface area (Å²) in [4.78, 5) is 31.2. The van der Waals surface area contributed by atoms with Crippen LogP contribution in [0.5, 0.6) is 0 Å². The summed E-state index contributed by atoms with van der Waals surface area (Å²) in [5.41, 5.74) is -0.0990. The van der Waals surface area contributed by atoms with Gasteiger partial charge in [0.25, 0.3) is 0 Å². The van der Waals surface area contributed by atoms with E-state index < -0.39 is 25.2 Å². The van der Waals surface area contributed by atoms with Crippen molar-refractivity contribution in [3.8, 4) is 0 Å². The Balaban J connectivity index is 4.51. The number of carboxylic acids is 2. The lowest BCUT2D eigenvalue weighted by atomic mass is 9.94. The summed E-state index contributed by atoms with van der Waals surface area (Å²) in [6, 6.07) is 0. The van der Waals surface area contributed by atoms with E-state index in [9.17, 15) is 19.0 Å². The molecule has 0 aromatic heterocycles. The van der Waals surface area contributed by atoms with Crippen LogP contribution in [0.4, 0.5) is 0 Å². The summed E-state index contributed by atoms with van der Waals surface area (Å²) in [5.74, 6) is -3.40. The molecule has 112 valence electrons. The summed E-state index contributed by atoms with van der Waals surface area (Å²) in [6.45, 7) is 5.81. The molecule has 0 spiro atoms. The number of hydrogen-bond acceptors (Lipinski definition) is 3. The molecule has 0 aliphatic heterocycles. The fraction of sp³-hybridized carbons (Fsp3) is 0.833. The van der Waals surface area contributed by atoms with E-state index in [0.29, 0.717) is 6.42 Å². The van der Waals surface area contributed by atoms with E-state index in [2.05, 4.69) is 0 Å². The van der Waals surface area contributed by atoms with Crippen LogP contribution in [0.2, 0.25) is 0 Å². The van der Waals surface area contributed by atoms with Gasteiger partial charge in [0.2, 0.25) is 7.37 Å². The average Bonchev–Trinajstić information content (AvgIpc) is 2.20. The minimum Gasteiger partial charge on any atom is -0.481 e. The first kappa shape index (κ1) is 18.1. The minimum atomic E-state index is -3.53. The Morgan fingerprint density at radius 2 is 1.74 bits per heavy atom. The summed E-state index contributed by atoms with van der Waals surface area (Å²) in [5, 5.41) is 17.5. The molecular weight excluding hydrogens is 271 g/mol. The zero-order valence-corrected chi connectivity index (χ0v) is 12.5. The Bertz CT molecular complexity index is 371. The third kappa shape index (κ3) is 9.68. The maximum absolute atomic E-state index is 12.0. The Morgan fingerprint density at radius 1 is 1.21 bits per heavy atom. The van der Waals surface area contributed by atoms with Crippen LogP contribution in [0.1, 0.15) is 40.0 Å². The average molecular weight is 294 g/mol. The smallest absolute Gasteiger partial charge is 0.307 e. The van der Waals surface area contributed by atoms with E-state index in [1.165, 1.54) is 0 Å². The molecule has 0 heterocycles. The summed E-state index contributed by atoms with van der Waals surface area (Å²) < 4.78 is 12.0. The molecule has 3 N–H and O–H groups in total. The van der Waals surface area contributed by atoms with Gasteiger partial charge in [0.1, 0.15) is 0 Å². The molecule has 0 saturated carbocycles. The van der Waals surface area contributed by atoms with E-state index in [-0.39, 0.29) is 30.6 Å². The molecule has 0 fully saturated rings. The monoisotopic (exact) mass is 294 g/mol. The van der Waals surface area contributed by atoms with Gasteiger partial charge in [-0.2, -0.15) is 0 Å². The maximum atomic E-state index is 12.0. The topological polar surface area (TPSA) is 112 Å². The van der Waals surface area contributed by atoms with Crippen LogP contribution in [-0.2, 0) is 14.2 Å². The Labute approximate surface area is 113 Å². The summed E-state index contributed by atoms with van der Waals surface area (Å²) >= 11 is 0. The highest BCUT2D eigenvalue weighted by molar-refractivity contribution is 7.58. The summed E-state index contributed by atoms with van der Waals surface area (Å²) in [6.07, 6.45) is -0.202. The lowest BCUT2D eigenvalue weighted by Gasteiger charge is -2.22. The van der Waals surface area contributed by atoms with Crippen molar-refractivity contribution in [1.82, 2.24) is 0 Å². The molecule has 0 rings (SSSR count). The van der Waals surface area contributed by atoms with Crippen LogP contribution in [0.15, 0.2) is 0 Å². The number of rotatable bonds is 8. The molecule has 0 saturated heterocycles. The van der Waals surface area contributed by atoms with Gasteiger partial charge in [-0.1, -0.05) is 20.8 Å². The van der Waals surface area contributed by atoms with Crippen molar-refractivity contribution < 1.29 is 29.3 Å². The first-order chi connectivity index (χ1) is 8.43. The van der Waals surface area contributed by atoms with Gasteiger partial charge in [0.15, 0.2) is 0 Å². The largest absolute Gasteiger partial charge is 0.481 e. The third-order valence-corrected chi connectivity index (χ3v) is 4.71. The van der Waals surface area contributed by atoms with Crippen molar-refractivity contribution in [2.75, 3.05) is 12.3 Å². The number of aliphatic carboxylic acids is 2. The zero-order valence-electron chi connectivity index (χ0n) is 11.6. The van der Waals surface area contributed by atoms with Crippen LogP contribution < -0.4 is 0 Å². The van der Waals surface area contributed by atoms with E-state index in [1.54, 1.807) is 0 Å². The molecule has 2 unspecified atom stereocenters. The lowest BCUT2D eigenvalue weighted by Crippen LogP contribution is -2.21. The second-order valence-electron chi connectivity index (χ2n) is 6.03. The molecular formula is C12H23O6P. The summed E-state index contributed by atoms with van der Waals surface area (Å²) in [7, 11) is -3.53. The molecule has 19 heavy (non-hydrogen) atoms. The van der Waals surface area contributed by atoms with Gasteiger partial charge in [-0.05, 0) is 18.3 Å². The predicted molar refractivity (Wildman–Crippen MR) is 71.6 cm³/mol. The van der Waals surface area contributed by atoms with Crippen LogP contribution in [0.25, 0.3) is 0 Å². The highest BCUT2D eigenvalue weighted by atomic mass is 31.2. The van der Waals surface area contributed by atoms with Crippen LogP contribution >= 0.6 is 7.37 Å². The molecule has 0 aliphatic carbocycles. The second kappa shape index (κ2) is 7.06. The van der Waals surface area contributed by atoms with E-state index >= 15 is 0 Å². The van der Waals surface area contributed by atoms with Gasteiger partial charge in [-0.3, -0.25) is 14.2 Å². The van der Waals surface area contributed by atoms with Crippen LogP contribution in [0.3, 0.4) is 0 Å². The van der Waals surface area contributed by atoms with Crippen LogP contribution in [0, 0.1) is 11.3 Å². The normalized spacial score (nSPS) is 16.6. The number of carboxylic acid groups (broad SMARTS) is 2. The quantitative estimate of drug-likeness (QED) is 0.592. The number of hydrogen-bond donors (Lipinski definition) is 3. The van der Waals surface area contributed by atoms with Crippen molar-refractivity contribution in [2.45, 2.75) is 40.0 Å². The molecule has 0 amide bonds. The van der Waals surface area contributed by atoms with Gasteiger partial charge >= 0.3 is 11.9 Å². The highest BCUT2D eigenvalue weighted by Crippen LogP contribution is 2.45. The molecule has 0 aromatic rings. The van der Waals surface area contributed by atoms with Crippen LogP contribution in [-0.4, -0.2) is 39.4 Å². The van der Waals surface area contributed by atoms with E-state index in [4.69, 9.17) is 10.2 Å². The molecule has 0 bridgehead atoms. The Kier molecular flexibility index (Phi) is 6.73. The SMILES string of the molecule is CC(C)(C)CCP(=O)(O)CC(CCC(=O)O)C(=O)O. The zero-order chi connectivity index (χ0) is 15.3. The molecule has 2 atom stereocenters. The third-order valence-electron chi connectivity index (χ3n) is 2.77. The van der Waals surface area contributed by atoms with Gasteiger partial charge in [-0.15, -0.1) is 0 Å². The van der Waals surface area contributed by atoms with Crippen molar-refractivity contribution in [3.63, 3.8) is 0 Å². The first-order valence-corrected chi connectivity index (χ1v) is 8.21. The number of carbonyl (C=O) groups is 2. The Hall–Kier alpha value is -0.870. The molecule has 0 radical (unpaired) electrons.